The van der Waals surface area contributed by atoms with Crippen LogP contribution in [0.3, 0.4) is 0 Å². The number of likely N-dealkylation sites (tertiary alicyclic amines) is 1. The smallest absolute Gasteiger partial charge is 0.194 e. The highest BCUT2D eigenvalue weighted by Gasteiger charge is 2.23. The SMILES string of the molecule is CCNC(=NCC1CCCN(CC(C)C)C1)N1CCN(Cc2cc(C)on2)CC1.I. The molecule has 7 nitrogen and oxygen atoms in total. The van der Waals surface area contributed by atoms with Crippen LogP contribution < -0.4 is 5.32 Å². The minimum Gasteiger partial charge on any atom is -0.361 e. The quantitative estimate of drug-likeness (QED) is 0.331. The maximum Gasteiger partial charge on any atom is 0.194 e. The normalized spacial score (nSPS) is 21.7. The van der Waals surface area contributed by atoms with Gasteiger partial charge in [0, 0.05) is 65.0 Å². The molecule has 0 aromatic carbocycles. The third kappa shape index (κ3) is 8.00. The van der Waals surface area contributed by atoms with Gasteiger partial charge in [-0.2, -0.15) is 0 Å². The van der Waals surface area contributed by atoms with Crippen molar-refractivity contribution in [2.24, 2.45) is 16.8 Å². The van der Waals surface area contributed by atoms with E-state index in [0.29, 0.717) is 5.92 Å². The number of hydrogen-bond donors (Lipinski definition) is 1. The van der Waals surface area contributed by atoms with Gasteiger partial charge in [0.2, 0.25) is 0 Å². The van der Waals surface area contributed by atoms with Gasteiger partial charge in [-0.1, -0.05) is 19.0 Å². The lowest BCUT2D eigenvalue weighted by molar-refractivity contribution is 0.159. The van der Waals surface area contributed by atoms with Crippen LogP contribution in [0.4, 0.5) is 0 Å². The van der Waals surface area contributed by atoms with E-state index >= 15 is 0 Å². The van der Waals surface area contributed by atoms with Crippen LogP contribution in [-0.2, 0) is 6.54 Å². The summed E-state index contributed by atoms with van der Waals surface area (Å²) in [6.45, 7) is 19.2. The van der Waals surface area contributed by atoms with E-state index in [1.54, 1.807) is 0 Å². The summed E-state index contributed by atoms with van der Waals surface area (Å²) in [5.74, 6) is 3.40. The van der Waals surface area contributed by atoms with Gasteiger partial charge in [0.05, 0.1) is 5.69 Å². The number of guanidine groups is 1. The van der Waals surface area contributed by atoms with Crippen molar-refractivity contribution in [1.82, 2.24) is 25.2 Å². The highest BCUT2D eigenvalue weighted by Crippen LogP contribution is 2.18. The summed E-state index contributed by atoms with van der Waals surface area (Å²) >= 11 is 0. The summed E-state index contributed by atoms with van der Waals surface area (Å²) in [6, 6.07) is 2.03. The van der Waals surface area contributed by atoms with Gasteiger partial charge in [0.1, 0.15) is 5.76 Å². The van der Waals surface area contributed by atoms with E-state index < -0.39 is 0 Å². The van der Waals surface area contributed by atoms with E-state index in [0.717, 1.165) is 69.1 Å². The molecule has 0 bridgehead atoms. The molecule has 0 radical (unpaired) electrons. The van der Waals surface area contributed by atoms with Crippen LogP contribution >= 0.6 is 24.0 Å². The molecule has 1 aromatic heterocycles. The fraction of sp³-hybridized carbons (Fsp3) is 0.818. The Labute approximate surface area is 199 Å². The van der Waals surface area contributed by atoms with Gasteiger partial charge >= 0.3 is 0 Å². The molecule has 1 N–H and O–H groups in total. The number of aryl methyl sites for hydroxylation is 1. The van der Waals surface area contributed by atoms with Crippen molar-refractivity contribution in [2.75, 3.05) is 58.9 Å². The second-order valence-corrected chi connectivity index (χ2v) is 9.05. The Morgan fingerprint density at radius 3 is 2.63 bits per heavy atom. The first-order valence-electron chi connectivity index (χ1n) is 11.4. The van der Waals surface area contributed by atoms with Crippen LogP contribution in [0.15, 0.2) is 15.6 Å². The fourth-order valence-corrected chi connectivity index (χ4v) is 4.46. The van der Waals surface area contributed by atoms with E-state index in [4.69, 9.17) is 9.52 Å². The van der Waals surface area contributed by atoms with Crippen molar-refractivity contribution in [2.45, 2.75) is 47.1 Å². The van der Waals surface area contributed by atoms with Gasteiger partial charge in [-0.3, -0.25) is 9.89 Å². The molecule has 3 rings (SSSR count). The second kappa shape index (κ2) is 12.9. The zero-order valence-electron chi connectivity index (χ0n) is 19.3. The van der Waals surface area contributed by atoms with Crippen LogP contribution in [0.5, 0.6) is 0 Å². The van der Waals surface area contributed by atoms with Gasteiger partial charge in [-0.25, -0.2) is 0 Å². The number of hydrogen-bond acceptors (Lipinski definition) is 5. The third-order valence-corrected chi connectivity index (χ3v) is 5.79. The zero-order valence-corrected chi connectivity index (χ0v) is 21.6. The maximum absolute atomic E-state index is 5.20. The topological polar surface area (TPSA) is 60.1 Å². The van der Waals surface area contributed by atoms with Crippen molar-refractivity contribution in [3.8, 4) is 0 Å². The molecule has 0 saturated carbocycles. The van der Waals surface area contributed by atoms with Gasteiger partial charge in [0.25, 0.3) is 0 Å². The lowest BCUT2D eigenvalue weighted by atomic mass is 9.97. The summed E-state index contributed by atoms with van der Waals surface area (Å²) in [4.78, 5) is 12.5. The van der Waals surface area contributed by atoms with Crippen molar-refractivity contribution in [3.63, 3.8) is 0 Å². The minimum atomic E-state index is 0. The van der Waals surface area contributed by atoms with E-state index in [1.807, 2.05) is 13.0 Å². The summed E-state index contributed by atoms with van der Waals surface area (Å²) in [6.07, 6.45) is 2.62. The Morgan fingerprint density at radius 1 is 1.23 bits per heavy atom. The molecule has 2 aliphatic rings. The number of rotatable bonds is 7. The van der Waals surface area contributed by atoms with Gasteiger partial charge in [-0.15, -0.1) is 24.0 Å². The van der Waals surface area contributed by atoms with E-state index in [2.05, 4.69) is 45.9 Å². The lowest BCUT2D eigenvalue weighted by Gasteiger charge is -2.37. The average Bonchev–Trinajstić information content (AvgIpc) is 3.10. The number of nitrogens with zero attached hydrogens (tertiary/aromatic N) is 5. The highest BCUT2D eigenvalue weighted by atomic mass is 127. The predicted octanol–water partition coefficient (Wildman–Crippen LogP) is 3.05. The molecule has 8 heteroatoms. The number of aromatic nitrogens is 1. The van der Waals surface area contributed by atoms with Crippen LogP contribution in [0.1, 0.15) is 45.1 Å². The molecule has 30 heavy (non-hydrogen) atoms. The van der Waals surface area contributed by atoms with Crippen LogP contribution in [0, 0.1) is 18.8 Å². The molecule has 2 saturated heterocycles. The molecule has 3 heterocycles. The summed E-state index contributed by atoms with van der Waals surface area (Å²) in [5.41, 5.74) is 1.03. The zero-order chi connectivity index (χ0) is 20.6. The molecule has 2 fully saturated rings. The van der Waals surface area contributed by atoms with E-state index in [-0.39, 0.29) is 24.0 Å². The molecular weight excluding hydrogens is 491 g/mol. The van der Waals surface area contributed by atoms with E-state index in [9.17, 15) is 0 Å². The molecule has 1 unspecified atom stereocenters. The first kappa shape index (κ1) is 25.4. The number of aliphatic imine (C=N–C) groups is 1. The first-order chi connectivity index (χ1) is 14.0. The lowest BCUT2D eigenvalue weighted by Crippen LogP contribution is -2.52. The largest absolute Gasteiger partial charge is 0.361 e. The van der Waals surface area contributed by atoms with Crippen molar-refractivity contribution in [1.29, 1.82) is 0 Å². The Bertz CT molecular complexity index is 641. The highest BCUT2D eigenvalue weighted by molar-refractivity contribution is 14.0. The van der Waals surface area contributed by atoms with Crippen LogP contribution in [0.25, 0.3) is 0 Å². The van der Waals surface area contributed by atoms with Gasteiger partial charge < -0.3 is 19.6 Å². The molecule has 1 atom stereocenters. The molecule has 0 spiro atoms. The van der Waals surface area contributed by atoms with Crippen molar-refractivity contribution < 1.29 is 4.52 Å². The van der Waals surface area contributed by atoms with Crippen LogP contribution in [0.2, 0.25) is 0 Å². The second-order valence-electron chi connectivity index (χ2n) is 9.05. The Hall–Kier alpha value is -0.870. The van der Waals surface area contributed by atoms with Crippen LogP contribution in [-0.4, -0.2) is 84.7 Å². The number of nitrogens with one attached hydrogen (secondary N) is 1. The van der Waals surface area contributed by atoms with Gasteiger partial charge in [0.15, 0.2) is 5.96 Å². The Morgan fingerprint density at radius 2 is 2.00 bits per heavy atom. The molecule has 172 valence electrons. The summed E-state index contributed by atoms with van der Waals surface area (Å²) in [5, 5.41) is 7.65. The molecular formula is C22H41IN6O. The first-order valence-corrected chi connectivity index (χ1v) is 11.4. The maximum atomic E-state index is 5.20. The van der Waals surface area contributed by atoms with Crippen molar-refractivity contribution in [3.05, 3.63) is 17.5 Å². The number of halogens is 1. The molecule has 0 aliphatic carbocycles. The van der Waals surface area contributed by atoms with Gasteiger partial charge in [-0.05, 0) is 45.1 Å². The summed E-state index contributed by atoms with van der Waals surface area (Å²) in [7, 11) is 0. The standard InChI is InChI=1S/C22H40N6O.HI/c1-5-23-22(24-14-20-7-6-8-27(16-20)15-18(2)3)28-11-9-26(10-12-28)17-21-13-19(4)29-25-21;/h13,18,20H,5-12,14-17H2,1-4H3,(H,23,24);1H. The Balaban J connectivity index is 0.00000320. The predicted molar refractivity (Wildman–Crippen MR) is 133 cm³/mol. The molecule has 0 amide bonds. The third-order valence-electron chi connectivity index (χ3n) is 5.79. The molecule has 2 aliphatic heterocycles. The summed E-state index contributed by atoms with van der Waals surface area (Å²) < 4.78 is 5.20. The van der Waals surface area contributed by atoms with E-state index in [1.165, 1.54) is 32.5 Å². The Kier molecular flexibility index (Phi) is 10.9. The number of piperazine rings is 1. The average molecular weight is 533 g/mol. The number of piperidine rings is 1. The fourth-order valence-electron chi connectivity index (χ4n) is 4.46. The van der Waals surface area contributed by atoms with Crippen molar-refractivity contribution >= 4 is 29.9 Å². The minimum absolute atomic E-state index is 0. The monoisotopic (exact) mass is 532 g/mol. The molecule has 1 aromatic rings.